The fourth-order valence-electron chi connectivity index (χ4n) is 2.69. The van der Waals surface area contributed by atoms with E-state index < -0.39 is 12.1 Å². The van der Waals surface area contributed by atoms with E-state index in [1.165, 1.54) is 0 Å². The molecule has 0 aromatic carbocycles. The highest BCUT2D eigenvalue weighted by Crippen LogP contribution is 2.32. The second kappa shape index (κ2) is 10.2. The van der Waals surface area contributed by atoms with Crippen LogP contribution < -0.4 is 0 Å². The number of carboxylic acids is 1. The molecule has 4 heteroatoms. The van der Waals surface area contributed by atoms with Crippen molar-refractivity contribution in [3.63, 3.8) is 0 Å². The van der Waals surface area contributed by atoms with Gasteiger partial charge in [0, 0.05) is 31.6 Å². The predicted octanol–water partition coefficient (Wildman–Crippen LogP) is 2.95. The van der Waals surface area contributed by atoms with Gasteiger partial charge < -0.3 is 10.2 Å². The van der Waals surface area contributed by atoms with E-state index in [1.54, 1.807) is 6.08 Å². The third kappa shape index (κ3) is 6.91. The summed E-state index contributed by atoms with van der Waals surface area (Å²) >= 11 is 0. The monoisotopic (exact) mass is 306 g/mol. The third-order valence-electron chi connectivity index (χ3n) is 3.96. The van der Waals surface area contributed by atoms with Crippen LogP contribution in [-0.4, -0.2) is 28.1 Å². The zero-order valence-corrected chi connectivity index (χ0v) is 13.3. The summed E-state index contributed by atoms with van der Waals surface area (Å²) in [6.07, 6.45) is 8.22. The molecule has 0 amide bonds. The average Bonchev–Trinajstić information content (AvgIpc) is 2.81. The van der Waals surface area contributed by atoms with Crippen LogP contribution >= 0.6 is 0 Å². The molecular formula is C18H26O4. The number of carboxylic acid groups (broad SMARTS) is 1. The van der Waals surface area contributed by atoms with Crippen molar-refractivity contribution in [2.75, 3.05) is 0 Å². The molecule has 1 aliphatic rings. The van der Waals surface area contributed by atoms with Gasteiger partial charge in [0.05, 0.1) is 6.10 Å². The summed E-state index contributed by atoms with van der Waals surface area (Å²) in [7, 11) is 0. The molecule has 0 saturated heterocycles. The minimum atomic E-state index is -0.802. The number of aliphatic hydroxyl groups excluding tert-OH is 1. The van der Waals surface area contributed by atoms with Gasteiger partial charge in [-0.3, -0.25) is 9.59 Å². The van der Waals surface area contributed by atoms with Gasteiger partial charge in [-0.1, -0.05) is 25.5 Å². The van der Waals surface area contributed by atoms with Crippen LogP contribution in [0.2, 0.25) is 0 Å². The molecule has 1 fully saturated rings. The molecule has 0 aromatic rings. The van der Waals surface area contributed by atoms with E-state index >= 15 is 0 Å². The number of aliphatic hydroxyl groups is 1. The van der Waals surface area contributed by atoms with Crippen LogP contribution in [0.5, 0.6) is 0 Å². The predicted molar refractivity (Wildman–Crippen MR) is 85.2 cm³/mol. The second-order valence-electron chi connectivity index (χ2n) is 5.82. The molecule has 122 valence electrons. The maximum Gasteiger partial charge on any atom is 0.303 e. The first kappa shape index (κ1) is 18.4. The highest BCUT2D eigenvalue weighted by Gasteiger charge is 2.32. The summed E-state index contributed by atoms with van der Waals surface area (Å²) in [5.74, 6) is 5.52. The van der Waals surface area contributed by atoms with Crippen molar-refractivity contribution < 1.29 is 19.8 Å². The Balaban J connectivity index is 2.43. The number of Topliss-reactive ketones (excluding diaryl/α,β-unsaturated/α-hetero) is 1. The van der Waals surface area contributed by atoms with Crippen molar-refractivity contribution in [1.82, 2.24) is 0 Å². The van der Waals surface area contributed by atoms with Crippen LogP contribution in [0.15, 0.2) is 12.2 Å². The fraction of sp³-hybridized carbons (Fsp3) is 0.667. The van der Waals surface area contributed by atoms with E-state index in [4.69, 9.17) is 5.11 Å². The number of rotatable bonds is 8. The van der Waals surface area contributed by atoms with E-state index in [2.05, 4.69) is 11.8 Å². The maximum atomic E-state index is 11.9. The van der Waals surface area contributed by atoms with E-state index in [-0.39, 0.29) is 24.0 Å². The molecule has 22 heavy (non-hydrogen) atoms. The smallest absolute Gasteiger partial charge is 0.303 e. The summed E-state index contributed by atoms with van der Waals surface area (Å²) in [5.41, 5.74) is 0. The Kier molecular flexibility index (Phi) is 8.54. The maximum absolute atomic E-state index is 11.9. The van der Waals surface area contributed by atoms with Crippen molar-refractivity contribution in [3.8, 4) is 11.8 Å². The summed E-state index contributed by atoms with van der Waals surface area (Å²) in [4.78, 5) is 22.3. The van der Waals surface area contributed by atoms with Crippen LogP contribution in [-0.2, 0) is 9.59 Å². The lowest BCUT2D eigenvalue weighted by atomic mass is 9.91. The van der Waals surface area contributed by atoms with Gasteiger partial charge in [-0.15, -0.1) is 11.8 Å². The molecule has 1 rings (SSSR count). The highest BCUT2D eigenvalue weighted by atomic mass is 16.4. The first-order chi connectivity index (χ1) is 10.5. The van der Waals surface area contributed by atoms with Gasteiger partial charge in [-0.25, -0.2) is 0 Å². The molecule has 4 nitrogen and oxygen atoms in total. The molecule has 0 aliphatic heterocycles. The standard InChI is InChI=1S/C18H26O4/c1-2-7-15(19)12-10-14-11-13-17(20)16(14)8-5-3-4-6-9-18(21)22/h10,12,14-16,19H,2,4,6-9,11,13H2,1H3,(H,21,22)/b12-10+. The Bertz CT molecular complexity index is 455. The molecule has 0 heterocycles. The highest BCUT2D eigenvalue weighted by molar-refractivity contribution is 5.84. The van der Waals surface area contributed by atoms with Gasteiger partial charge in [0.25, 0.3) is 0 Å². The van der Waals surface area contributed by atoms with Gasteiger partial charge in [-0.05, 0) is 25.2 Å². The number of hydrogen-bond donors (Lipinski definition) is 2. The number of ketones is 1. The van der Waals surface area contributed by atoms with E-state index in [0.717, 1.165) is 19.3 Å². The van der Waals surface area contributed by atoms with Gasteiger partial charge in [0.1, 0.15) is 5.78 Å². The normalized spacial score (nSPS) is 22.5. The molecule has 1 aliphatic carbocycles. The fourth-order valence-corrected chi connectivity index (χ4v) is 2.69. The van der Waals surface area contributed by atoms with Crippen molar-refractivity contribution in [3.05, 3.63) is 12.2 Å². The number of aliphatic carboxylic acids is 1. The number of unbranched alkanes of at least 4 members (excludes halogenated alkanes) is 1. The number of hydrogen-bond acceptors (Lipinski definition) is 3. The first-order valence-electron chi connectivity index (χ1n) is 8.11. The number of allylic oxidation sites excluding steroid dienone is 1. The Morgan fingerprint density at radius 1 is 1.45 bits per heavy atom. The molecular weight excluding hydrogens is 280 g/mol. The van der Waals surface area contributed by atoms with Gasteiger partial charge in [-0.2, -0.15) is 0 Å². The molecule has 3 atom stereocenters. The van der Waals surface area contributed by atoms with Crippen LogP contribution in [0.1, 0.15) is 58.3 Å². The Morgan fingerprint density at radius 2 is 2.23 bits per heavy atom. The Labute approximate surface area is 132 Å². The SMILES string of the molecule is CCCC(O)/C=C/C1CCC(=O)C1CC#CCCCC(=O)O. The average molecular weight is 306 g/mol. The van der Waals surface area contributed by atoms with Gasteiger partial charge >= 0.3 is 5.97 Å². The van der Waals surface area contributed by atoms with Crippen LogP contribution in [0.3, 0.4) is 0 Å². The zero-order chi connectivity index (χ0) is 16.4. The first-order valence-corrected chi connectivity index (χ1v) is 8.11. The number of carbonyl (C=O) groups excluding carboxylic acids is 1. The molecule has 3 unspecified atom stereocenters. The van der Waals surface area contributed by atoms with E-state index in [1.807, 2.05) is 13.0 Å². The topological polar surface area (TPSA) is 74.6 Å². The zero-order valence-electron chi connectivity index (χ0n) is 13.3. The van der Waals surface area contributed by atoms with Crippen LogP contribution in [0.4, 0.5) is 0 Å². The number of carbonyl (C=O) groups is 2. The molecule has 1 saturated carbocycles. The lowest BCUT2D eigenvalue weighted by Crippen LogP contribution is -2.13. The van der Waals surface area contributed by atoms with E-state index in [0.29, 0.717) is 25.7 Å². The van der Waals surface area contributed by atoms with Gasteiger partial charge in [0.2, 0.25) is 0 Å². The summed E-state index contributed by atoms with van der Waals surface area (Å²) < 4.78 is 0. The minimum absolute atomic E-state index is 0.0722. The molecule has 0 radical (unpaired) electrons. The quantitative estimate of drug-likeness (QED) is 0.411. The van der Waals surface area contributed by atoms with Crippen LogP contribution in [0.25, 0.3) is 0 Å². The molecule has 2 N–H and O–H groups in total. The third-order valence-corrected chi connectivity index (χ3v) is 3.96. The Morgan fingerprint density at radius 3 is 2.91 bits per heavy atom. The lowest BCUT2D eigenvalue weighted by Gasteiger charge is -2.12. The van der Waals surface area contributed by atoms with E-state index in [9.17, 15) is 14.7 Å². The van der Waals surface area contributed by atoms with Crippen molar-refractivity contribution in [2.45, 2.75) is 64.4 Å². The molecule has 0 spiro atoms. The molecule has 0 bridgehead atoms. The second-order valence-corrected chi connectivity index (χ2v) is 5.82. The largest absolute Gasteiger partial charge is 0.481 e. The molecule has 0 aromatic heterocycles. The van der Waals surface area contributed by atoms with Crippen molar-refractivity contribution in [1.29, 1.82) is 0 Å². The minimum Gasteiger partial charge on any atom is -0.481 e. The van der Waals surface area contributed by atoms with Crippen LogP contribution in [0, 0.1) is 23.7 Å². The summed E-state index contributed by atoms with van der Waals surface area (Å²) in [5, 5.41) is 18.3. The van der Waals surface area contributed by atoms with Crippen molar-refractivity contribution in [2.24, 2.45) is 11.8 Å². The van der Waals surface area contributed by atoms with Crippen molar-refractivity contribution >= 4 is 11.8 Å². The Hall–Kier alpha value is -1.60. The summed E-state index contributed by atoms with van der Waals surface area (Å²) in [6.45, 7) is 2.03. The van der Waals surface area contributed by atoms with Gasteiger partial charge in [0.15, 0.2) is 0 Å². The summed E-state index contributed by atoms with van der Waals surface area (Å²) in [6, 6.07) is 0. The lowest BCUT2D eigenvalue weighted by molar-refractivity contribution is -0.137.